The first-order chi connectivity index (χ1) is 10.5. The van der Waals surface area contributed by atoms with Crippen molar-refractivity contribution in [2.45, 2.75) is 40.0 Å². The second-order valence-corrected chi connectivity index (χ2v) is 7.52. The van der Waals surface area contributed by atoms with E-state index in [1.54, 1.807) is 26.8 Å². The number of nitrogens with zero attached hydrogens (tertiary/aromatic N) is 1. The van der Waals surface area contributed by atoms with Crippen LogP contribution in [0.1, 0.15) is 40.2 Å². The van der Waals surface area contributed by atoms with Crippen LogP contribution in [0.4, 0.5) is 5.69 Å². The van der Waals surface area contributed by atoms with Gasteiger partial charge >= 0.3 is 5.97 Å². The maximum absolute atomic E-state index is 12.2. The van der Waals surface area contributed by atoms with E-state index in [0.29, 0.717) is 0 Å². The lowest BCUT2D eigenvalue weighted by molar-refractivity contribution is -0.155. The molecule has 0 spiro atoms. The van der Waals surface area contributed by atoms with E-state index >= 15 is 0 Å². The van der Waals surface area contributed by atoms with Crippen LogP contribution < -0.4 is 4.90 Å². The molecule has 0 fully saturated rings. The van der Waals surface area contributed by atoms with Crippen molar-refractivity contribution < 1.29 is 14.3 Å². The van der Waals surface area contributed by atoms with E-state index in [0.717, 1.165) is 11.4 Å². The van der Waals surface area contributed by atoms with Gasteiger partial charge in [-0.1, -0.05) is 32.0 Å². The Kier molecular flexibility index (Phi) is 4.38. The van der Waals surface area contributed by atoms with Gasteiger partial charge in [-0.05, 0) is 32.4 Å². The molecular weight excluding hydrogens is 290 g/mol. The van der Waals surface area contributed by atoms with Crippen LogP contribution in [0.5, 0.6) is 0 Å². The Morgan fingerprint density at radius 1 is 1.22 bits per heavy atom. The number of hydrogen-bond donors (Lipinski definition) is 0. The van der Waals surface area contributed by atoms with Crippen LogP contribution >= 0.6 is 0 Å². The molecule has 0 saturated carbocycles. The first-order valence-corrected chi connectivity index (χ1v) is 7.80. The third-order valence-electron chi connectivity index (χ3n) is 4.20. The molecule has 4 heteroatoms. The molecule has 23 heavy (non-hydrogen) atoms. The fourth-order valence-electron chi connectivity index (χ4n) is 2.81. The minimum absolute atomic E-state index is 0.203. The third kappa shape index (κ3) is 3.31. The lowest BCUT2D eigenvalue weighted by Gasteiger charge is -2.24. The van der Waals surface area contributed by atoms with Gasteiger partial charge in [0.05, 0.1) is 5.41 Å². The number of esters is 1. The van der Waals surface area contributed by atoms with Crippen molar-refractivity contribution >= 4 is 17.4 Å². The topological polar surface area (TPSA) is 46.6 Å². The number of allylic oxidation sites excluding steroid dienone is 1. The number of ether oxygens (including phenoxy) is 1. The van der Waals surface area contributed by atoms with Gasteiger partial charge < -0.3 is 9.64 Å². The van der Waals surface area contributed by atoms with Gasteiger partial charge in [0, 0.05) is 29.9 Å². The molecular formula is C19H25NO3. The lowest BCUT2D eigenvalue weighted by Crippen LogP contribution is -2.27. The molecule has 0 bridgehead atoms. The molecule has 1 aromatic carbocycles. The highest BCUT2D eigenvalue weighted by Gasteiger charge is 2.38. The second kappa shape index (κ2) is 5.84. The smallest absolute Gasteiger partial charge is 0.311 e. The Bertz CT molecular complexity index is 665. The zero-order valence-electron chi connectivity index (χ0n) is 14.8. The molecule has 0 amide bonds. The molecule has 0 N–H and O–H groups in total. The van der Waals surface area contributed by atoms with E-state index in [2.05, 4.69) is 19.9 Å². The molecule has 0 radical (unpaired) electrons. The zero-order chi connectivity index (χ0) is 17.4. The van der Waals surface area contributed by atoms with Gasteiger partial charge in [-0.2, -0.15) is 0 Å². The summed E-state index contributed by atoms with van der Waals surface area (Å²) in [4.78, 5) is 26.0. The van der Waals surface area contributed by atoms with Crippen LogP contribution in [-0.4, -0.2) is 25.4 Å². The molecule has 0 aliphatic carbocycles. The Morgan fingerprint density at radius 3 is 2.39 bits per heavy atom. The summed E-state index contributed by atoms with van der Waals surface area (Å²) in [5.41, 5.74) is 2.34. The van der Waals surface area contributed by atoms with Gasteiger partial charge in [-0.15, -0.1) is 0 Å². The summed E-state index contributed by atoms with van der Waals surface area (Å²) in [5, 5.41) is 0. The number of hydrogen-bond acceptors (Lipinski definition) is 4. The molecule has 1 heterocycles. The van der Waals surface area contributed by atoms with Gasteiger partial charge in [-0.25, -0.2) is 0 Å². The number of ketones is 1. The van der Waals surface area contributed by atoms with Crippen LogP contribution in [0, 0.1) is 5.41 Å². The number of fused-ring (bicyclic) bond motifs is 1. The lowest BCUT2D eigenvalue weighted by atomic mass is 9.83. The number of carbonyl (C=O) groups excluding carboxylic acids is 2. The van der Waals surface area contributed by atoms with Crippen LogP contribution in [0.25, 0.3) is 0 Å². The van der Waals surface area contributed by atoms with Crippen LogP contribution in [0.3, 0.4) is 0 Å². The highest BCUT2D eigenvalue weighted by Crippen LogP contribution is 2.46. The molecule has 0 aromatic heterocycles. The second-order valence-electron chi connectivity index (χ2n) is 7.52. The monoisotopic (exact) mass is 315 g/mol. The number of rotatable bonds is 3. The van der Waals surface area contributed by atoms with Gasteiger partial charge in [0.1, 0.15) is 0 Å². The fourth-order valence-corrected chi connectivity index (χ4v) is 2.81. The summed E-state index contributed by atoms with van der Waals surface area (Å²) in [6, 6.07) is 8.12. The normalized spacial score (nSPS) is 18.0. The fraction of sp³-hybridized carbons (Fsp3) is 0.474. The van der Waals surface area contributed by atoms with E-state index < -0.39 is 5.41 Å². The summed E-state index contributed by atoms with van der Waals surface area (Å²) in [7, 11) is 1.95. The molecule has 0 saturated heterocycles. The highest BCUT2D eigenvalue weighted by molar-refractivity contribution is 5.94. The van der Waals surface area contributed by atoms with Crippen LogP contribution in [0.2, 0.25) is 0 Å². The van der Waals surface area contributed by atoms with Gasteiger partial charge in [-0.3, -0.25) is 9.59 Å². The summed E-state index contributed by atoms with van der Waals surface area (Å²) < 4.78 is 5.11. The van der Waals surface area contributed by atoms with E-state index in [9.17, 15) is 9.59 Å². The van der Waals surface area contributed by atoms with Gasteiger partial charge in [0.25, 0.3) is 0 Å². The van der Waals surface area contributed by atoms with Crippen molar-refractivity contribution in [1.29, 1.82) is 0 Å². The maximum Gasteiger partial charge on any atom is 0.311 e. The van der Waals surface area contributed by atoms with Crippen molar-refractivity contribution in [1.82, 2.24) is 0 Å². The number of likely N-dealkylation sites (N-methyl/N-ethyl adjacent to an activating group) is 1. The SMILES string of the molecule is CN1/C(=C/C(=O)COC(=O)C(C)(C)C)C(C)(C)c2ccccc21. The summed E-state index contributed by atoms with van der Waals surface area (Å²) in [6.07, 6.45) is 1.59. The Labute approximate surface area is 138 Å². The van der Waals surface area contributed by atoms with Crippen LogP contribution in [0.15, 0.2) is 36.0 Å². The number of benzene rings is 1. The molecule has 4 nitrogen and oxygen atoms in total. The van der Waals surface area contributed by atoms with Crippen molar-refractivity contribution in [3.8, 4) is 0 Å². The standard InChI is InChI=1S/C19H25NO3/c1-18(2,3)17(22)23-12-13(21)11-16-19(4,5)14-9-7-8-10-15(14)20(16)6/h7-11H,12H2,1-6H3/b16-11+. The Hall–Kier alpha value is -2.10. The van der Waals surface area contributed by atoms with E-state index in [4.69, 9.17) is 4.74 Å². The summed E-state index contributed by atoms with van der Waals surface area (Å²) >= 11 is 0. The van der Waals surface area contributed by atoms with E-state index in [1.807, 2.05) is 30.1 Å². The van der Waals surface area contributed by atoms with Crippen LogP contribution in [-0.2, 0) is 19.7 Å². The zero-order valence-corrected chi connectivity index (χ0v) is 14.8. The Balaban J connectivity index is 2.17. The summed E-state index contributed by atoms with van der Waals surface area (Å²) in [5.74, 6) is -0.572. The third-order valence-corrected chi connectivity index (χ3v) is 4.20. The van der Waals surface area contributed by atoms with Crippen molar-refractivity contribution in [3.63, 3.8) is 0 Å². The number of anilines is 1. The molecule has 2 rings (SSSR count). The average molecular weight is 315 g/mol. The largest absolute Gasteiger partial charge is 0.457 e. The van der Waals surface area contributed by atoms with Gasteiger partial charge in [0.2, 0.25) is 0 Å². The summed E-state index contributed by atoms with van der Waals surface area (Å²) in [6.45, 7) is 9.26. The van der Waals surface area contributed by atoms with Crippen molar-refractivity contribution in [2.24, 2.45) is 5.41 Å². The first kappa shape index (κ1) is 17.3. The molecule has 0 unspecified atom stereocenters. The predicted molar refractivity (Wildman–Crippen MR) is 91.4 cm³/mol. The quantitative estimate of drug-likeness (QED) is 0.633. The minimum atomic E-state index is -0.604. The molecule has 1 aliphatic rings. The van der Waals surface area contributed by atoms with Crippen molar-refractivity contribution in [3.05, 3.63) is 41.6 Å². The minimum Gasteiger partial charge on any atom is -0.457 e. The maximum atomic E-state index is 12.2. The number of carbonyl (C=O) groups is 2. The molecule has 0 atom stereocenters. The molecule has 1 aliphatic heterocycles. The molecule has 1 aromatic rings. The Morgan fingerprint density at radius 2 is 1.83 bits per heavy atom. The van der Waals surface area contributed by atoms with Crippen molar-refractivity contribution in [2.75, 3.05) is 18.6 Å². The number of para-hydroxylation sites is 1. The van der Waals surface area contributed by atoms with E-state index in [-0.39, 0.29) is 23.8 Å². The first-order valence-electron chi connectivity index (χ1n) is 7.80. The predicted octanol–water partition coefficient (Wildman–Crippen LogP) is 3.46. The van der Waals surface area contributed by atoms with E-state index in [1.165, 1.54) is 5.56 Å². The highest BCUT2D eigenvalue weighted by atomic mass is 16.5. The molecule has 124 valence electrons. The average Bonchev–Trinajstić information content (AvgIpc) is 2.65. The van der Waals surface area contributed by atoms with Gasteiger partial charge in [0.15, 0.2) is 12.4 Å².